The van der Waals surface area contributed by atoms with E-state index in [2.05, 4.69) is 25.8 Å². The van der Waals surface area contributed by atoms with E-state index in [-0.39, 0.29) is 18.6 Å². The van der Waals surface area contributed by atoms with Crippen LogP contribution in [0.1, 0.15) is 25.8 Å². The molecule has 0 radical (unpaired) electrons. The van der Waals surface area contributed by atoms with Crippen LogP contribution in [-0.2, 0) is 6.54 Å². The zero-order chi connectivity index (χ0) is 17.8. The van der Waals surface area contributed by atoms with Crippen molar-refractivity contribution in [3.63, 3.8) is 0 Å². The topological polar surface area (TPSA) is 102 Å². The number of carbonyl (C=O) groups is 1. The SMILES string of the molecule is CC(C)n1cc(NC(=O)N(C)Cc2nnc(-c3ccccc3)o2)nn1. The number of hydrogen-bond donors (Lipinski definition) is 1. The number of amides is 2. The fourth-order valence-electron chi connectivity index (χ4n) is 2.08. The van der Waals surface area contributed by atoms with E-state index >= 15 is 0 Å². The van der Waals surface area contributed by atoms with E-state index in [9.17, 15) is 4.79 Å². The number of hydrogen-bond acceptors (Lipinski definition) is 6. The molecule has 3 aromatic rings. The molecule has 3 rings (SSSR count). The predicted molar refractivity (Wildman–Crippen MR) is 90.6 cm³/mol. The molecule has 0 atom stereocenters. The molecule has 9 heteroatoms. The van der Waals surface area contributed by atoms with Crippen LogP contribution in [-0.4, -0.2) is 43.2 Å². The molecular weight excluding hydrogens is 322 g/mol. The molecule has 130 valence electrons. The summed E-state index contributed by atoms with van der Waals surface area (Å²) in [5.41, 5.74) is 0.832. The molecule has 9 nitrogen and oxygen atoms in total. The second kappa shape index (κ2) is 7.12. The van der Waals surface area contributed by atoms with Crippen molar-refractivity contribution in [3.8, 4) is 11.5 Å². The minimum atomic E-state index is -0.338. The van der Waals surface area contributed by atoms with Crippen LogP contribution in [0, 0.1) is 0 Å². The molecule has 1 aromatic carbocycles. The predicted octanol–water partition coefficient (Wildman–Crippen LogP) is 2.57. The summed E-state index contributed by atoms with van der Waals surface area (Å²) in [4.78, 5) is 13.6. The molecule has 0 fully saturated rings. The van der Waals surface area contributed by atoms with Crippen molar-refractivity contribution in [1.82, 2.24) is 30.1 Å². The Labute approximate surface area is 144 Å². The summed E-state index contributed by atoms with van der Waals surface area (Å²) in [5.74, 6) is 1.16. The molecule has 0 saturated carbocycles. The molecule has 0 bridgehead atoms. The lowest BCUT2D eigenvalue weighted by molar-refractivity contribution is 0.216. The first-order valence-electron chi connectivity index (χ1n) is 7.84. The first-order chi connectivity index (χ1) is 12.0. The van der Waals surface area contributed by atoms with E-state index in [4.69, 9.17) is 4.42 Å². The van der Waals surface area contributed by atoms with Gasteiger partial charge in [-0.2, -0.15) is 0 Å². The Hall–Kier alpha value is -3.23. The smallest absolute Gasteiger partial charge is 0.323 e. The van der Waals surface area contributed by atoms with E-state index < -0.39 is 0 Å². The van der Waals surface area contributed by atoms with Crippen molar-refractivity contribution in [2.75, 3.05) is 12.4 Å². The molecule has 0 saturated heterocycles. The number of carbonyl (C=O) groups excluding carboxylic acids is 1. The maximum atomic E-state index is 12.2. The molecule has 25 heavy (non-hydrogen) atoms. The zero-order valence-corrected chi connectivity index (χ0v) is 14.2. The second-order valence-electron chi connectivity index (χ2n) is 5.83. The minimum absolute atomic E-state index is 0.172. The Morgan fingerprint density at radius 1 is 1.24 bits per heavy atom. The summed E-state index contributed by atoms with van der Waals surface area (Å²) in [6.45, 7) is 4.14. The van der Waals surface area contributed by atoms with Gasteiger partial charge in [-0.3, -0.25) is 5.32 Å². The highest BCUT2D eigenvalue weighted by molar-refractivity contribution is 5.87. The molecule has 0 unspecified atom stereocenters. The van der Waals surface area contributed by atoms with Crippen molar-refractivity contribution in [2.24, 2.45) is 0 Å². The summed E-state index contributed by atoms with van der Waals surface area (Å²) in [5, 5.41) is 18.5. The lowest BCUT2D eigenvalue weighted by atomic mass is 10.2. The van der Waals surface area contributed by atoms with E-state index in [0.29, 0.717) is 17.6 Å². The highest BCUT2D eigenvalue weighted by atomic mass is 16.4. The van der Waals surface area contributed by atoms with Gasteiger partial charge in [0.1, 0.15) is 6.54 Å². The van der Waals surface area contributed by atoms with Gasteiger partial charge in [-0.25, -0.2) is 9.48 Å². The zero-order valence-electron chi connectivity index (χ0n) is 14.2. The fraction of sp³-hybridized carbons (Fsp3) is 0.312. The van der Waals surface area contributed by atoms with Crippen molar-refractivity contribution >= 4 is 11.8 Å². The number of rotatable bonds is 5. The molecule has 2 amide bonds. The largest absolute Gasteiger partial charge is 0.419 e. The Morgan fingerprint density at radius 2 is 2.00 bits per heavy atom. The summed E-state index contributed by atoms with van der Waals surface area (Å²) in [6.07, 6.45) is 1.68. The van der Waals surface area contributed by atoms with Crippen LogP contribution < -0.4 is 5.32 Å². The summed E-state index contributed by atoms with van der Waals surface area (Å²) >= 11 is 0. The Bertz CT molecular complexity index is 841. The van der Waals surface area contributed by atoms with Gasteiger partial charge in [-0.05, 0) is 26.0 Å². The molecule has 1 N–H and O–H groups in total. The molecule has 0 spiro atoms. The maximum Gasteiger partial charge on any atom is 0.323 e. The van der Waals surface area contributed by atoms with Gasteiger partial charge >= 0.3 is 6.03 Å². The minimum Gasteiger partial charge on any atom is -0.419 e. The number of nitrogens with one attached hydrogen (secondary N) is 1. The highest BCUT2D eigenvalue weighted by Gasteiger charge is 2.16. The van der Waals surface area contributed by atoms with Crippen molar-refractivity contribution in [1.29, 1.82) is 0 Å². The van der Waals surface area contributed by atoms with Gasteiger partial charge in [0, 0.05) is 18.7 Å². The van der Waals surface area contributed by atoms with Crippen LogP contribution in [0.2, 0.25) is 0 Å². The van der Waals surface area contributed by atoms with E-state index in [1.54, 1.807) is 17.9 Å². The summed E-state index contributed by atoms with van der Waals surface area (Å²) in [6, 6.07) is 9.29. The third-order valence-corrected chi connectivity index (χ3v) is 3.48. The van der Waals surface area contributed by atoms with Crippen LogP contribution in [0.15, 0.2) is 40.9 Å². The normalized spacial score (nSPS) is 10.9. The van der Waals surface area contributed by atoms with Crippen LogP contribution >= 0.6 is 0 Å². The van der Waals surface area contributed by atoms with Crippen LogP contribution in [0.25, 0.3) is 11.5 Å². The monoisotopic (exact) mass is 341 g/mol. The first kappa shape index (κ1) is 16.6. The summed E-state index contributed by atoms with van der Waals surface area (Å²) < 4.78 is 7.27. The van der Waals surface area contributed by atoms with E-state index in [1.165, 1.54) is 4.90 Å². The number of benzene rings is 1. The van der Waals surface area contributed by atoms with Gasteiger partial charge in [0.25, 0.3) is 0 Å². The average Bonchev–Trinajstić information content (AvgIpc) is 3.25. The van der Waals surface area contributed by atoms with Gasteiger partial charge in [0.05, 0.1) is 6.20 Å². The van der Waals surface area contributed by atoms with Crippen molar-refractivity contribution in [2.45, 2.75) is 26.4 Å². The first-order valence-corrected chi connectivity index (χ1v) is 7.84. The molecule has 2 heterocycles. The number of urea groups is 1. The number of anilines is 1. The Kier molecular flexibility index (Phi) is 4.73. The molecule has 0 aliphatic heterocycles. The average molecular weight is 341 g/mol. The van der Waals surface area contributed by atoms with Gasteiger partial charge in [-0.15, -0.1) is 15.3 Å². The van der Waals surface area contributed by atoms with E-state index in [0.717, 1.165) is 5.56 Å². The van der Waals surface area contributed by atoms with Gasteiger partial charge < -0.3 is 9.32 Å². The molecule has 0 aliphatic carbocycles. The van der Waals surface area contributed by atoms with Gasteiger partial charge in [0.15, 0.2) is 5.82 Å². The highest BCUT2D eigenvalue weighted by Crippen LogP contribution is 2.17. The lowest BCUT2D eigenvalue weighted by Crippen LogP contribution is -2.31. The number of nitrogens with zero attached hydrogens (tertiary/aromatic N) is 6. The van der Waals surface area contributed by atoms with Crippen molar-refractivity contribution in [3.05, 3.63) is 42.4 Å². The lowest BCUT2D eigenvalue weighted by Gasteiger charge is -2.14. The maximum absolute atomic E-state index is 12.2. The Morgan fingerprint density at radius 3 is 2.68 bits per heavy atom. The Balaban J connectivity index is 1.60. The van der Waals surface area contributed by atoms with Crippen molar-refractivity contribution < 1.29 is 9.21 Å². The third-order valence-electron chi connectivity index (χ3n) is 3.48. The standard InChI is InChI=1S/C16H19N7O2/c1-11(2)23-9-13(18-21-23)17-16(24)22(3)10-14-19-20-15(25-14)12-7-5-4-6-8-12/h4-9,11H,10H2,1-3H3,(H,17,24). The quantitative estimate of drug-likeness (QED) is 0.765. The van der Waals surface area contributed by atoms with Gasteiger partial charge in [0.2, 0.25) is 11.8 Å². The van der Waals surface area contributed by atoms with Crippen LogP contribution in [0.4, 0.5) is 10.6 Å². The van der Waals surface area contributed by atoms with Crippen LogP contribution in [0.3, 0.4) is 0 Å². The number of aromatic nitrogens is 5. The van der Waals surface area contributed by atoms with Gasteiger partial charge in [-0.1, -0.05) is 23.4 Å². The molecular formula is C16H19N7O2. The fourth-order valence-corrected chi connectivity index (χ4v) is 2.08. The van der Waals surface area contributed by atoms with E-state index in [1.807, 2.05) is 44.2 Å². The molecule has 2 aromatic heterocycles. The second-order valence-corrected chi connectivity index (χ2v) is 5.83. The van der Waals surface area contributed by atoms with Crippen LogP contribution in [0.5, 0.6) is 0 Å². The molecule has 0 aliphatic rings. The third kappa shape index (κ3) is 4.00. The summed E-state index contributed by atoms with van der Waals surface area (Å²) in [7, 11) is 1.63.